The van der Waals surface area contributed by atoms with Gasteiger partial charge in [-0.05, 0) is 17.7 Å². The number of rotatable bonds is 3. The van der Waals surface area contributed by atoms with Crippen molar-refractivity contribution in [2.45, 2.75) is 13.0 Å². The van der Waals surface area contributed by atoms with Gasteiger partial charge >= 0.3 is 0 Å². The Morgan fingerprint density at radius 3 is 2.57 bits per heavy atom. The van der Waals surface area contributed by atoms with Crippen molar-refractivity contribution in [3.63, 3.8) is 0 Å². The molecule has 1 rings (SSSR count). The summed E-state index contributed by atoms with van der Waals surface area (Å²) < 4.78 is 12.5. The number of hydrogen-bond donors (Lipinski definition) is 2. The minimum atomic E-state index is -0.792. The van der Waals surface area contributed by atoms with Gasteiger partial charge in [0.1, 0.15) is 5.82 Å². The van der Waals surface area contributed by atoms with Gasteiger partial charge in [-0.1, -0.05) is 12.1 Å². The first kappa shape index (κ1) is 10.7. The van der Waals surface area contributed by atoms with Crippen molar-refractivity contribution in [3.8, 4) is 0 Å². The van der Waals surface area contributed by atoms with E-state index in [-0.39, 0.29) is 18.3 Å². The summed E-state index contributed by atoms with van der Waals surface area (Å²) in [7, 11) is 0. The molecule has 1 atom stereocenters. The molecular formula is C10H12FNO2. The van der Waals surface area contributed by atoms with Gasteiger partial charge in [0.2, 0.25) is 5.91 Å². The molecule has 4 heteroatoms. The van der Waals surface area contributed by atoms with Crippen LogP contribution in [0, 0.1) is 5.82 Å². The van der Waals surface area contributed by atoms with Gasteiger partial charge in [0, 0.05) is 13.5 Å². The van der Waals surface area contributed by atoms with Gasteiger partial charge in [0.05, 0.1) is 6.10 Å². The highest BCUT2D eigenvalue weighted by atomic mass is 19.1. The second-order valence-electron chi connectivity index (χ2n) is 3.00. The van der Waals surface area contributed by atoms with Crippen LogP contribution in [0.5, 0.6) is 0 Å². The first-order valence-electron chi connectivity index (χ1n) is 4.27. The molecule has 1 amide bonds. The van der Waals surface area contributed by atoms with Crippen LogP contribution >= 0.6 is 0 Å². The summed E-state index contributed by atoms with van der Waals surface area (Å²) in [5, 5.41) is 12.0. The van der Waals surface area contributed by atoms with E-state index in [4.69, 9.17) is 0 Å². The van der Waals surface area contributed by atoms with Gasteiger partial charge in [0.25, 0.3) is 0 Å². The number of carbonyl (C=O) groups excluding carboxylic acids is 1. The highest BCUT2D eigenvalue weighted by Gasteiger charge is 2.07. The van der Waals surface area contributed by atoms with Gasteiger partial charge in [0.15, 0.2) is 0 Å². The summed E-state index contributed by atoms with van der Waals surface area (Å²) >= 11 is 0. The van der Waals surface area contributed by atoms with Crippen molar-refractivity contribution < 1.29 is 14.3 Å². The van der Waals surface area contributed by atoms with Crippen molar-refractivity contribution in [2.24, 2.45) is 0 Å². The average Bonchev–Trinajstić information content (AvgIpc) is 2.15. The molecule has 1 aromatic rings. The number of benzene rings is 1. The normalized spacial score (nSPS) is 12.2. The molecule has 0 heterocycles. The van der Waals surface area contributed by atoms with Crippen LogP contribution < -0.4 is 5.32 Å². The fraction of sp³-hybridized carbons (Fsp3) is 0.300. The summed E-state index contributed by atoms with van der Waals surface area (Å²) in [4.78, 5) is 10.6. The van der Waals surface area contributed by atoms with E-state index in [1.165, 1.54) is 31.2 Å². The Balaban J connectivity index is 2.56. The van der Waals surface area contributed by atoms with Crippen LogP contribution in [0.3, 0.4) is 0 Å². The molecule has 0 aliphatic heterocycles. The molecule has 76 valence electrons. The van der Waals surface area contributed by atoms with Crippen LogP contribution in [0.4, 0.5) is 4.39 Å². The van der Waals surface area contributed by atoms with E-state index in [0.717, 1.165) is 0 Å². The number of nitrogens with one attached hydrogen (secondary N) is 1. The highest BCUT2D eigenvalue weighted by Crippen LogP contribution is 2.11. The van der Waals surface area contributed by atoms with E-state index < -0.39 is 6.10 Å². The maximum Gasteiger partial charge on any atom is 0.216 e. The van der Waals surface area contributed by atoms with Crippen molar-refractivity contribution >= 4 is 5.91 Å². The Morgan fingerprint density at radius 2 is 2.07 bits per heavy atom. The van der Waals surface area contributed by atoms with Gasteiger partial charge in [-0.15, -0.1) is 0 Å². The SMILES string of the molecule is CC(=O)NCC(O)c1ccc(F)cc1. The fourth-order valence-electron chi connectivity index (χ4n) is 1.04. The molecule has 1 unspecified atom stereocenters. The van der Waals surface area contributed by atoms with Crippen molar-refractivity contribution in [1.29, 1.82) is 0 Å². The molecule has 14 heavy (non-hydrogen) atoms. The second kappa shape index (κ2) is 4.72. The minimum Gasteiger partial charge on any atom is -0.387 e. The molecule has 0 aliphatic rings. The van der Waals surface area contributed by atoms with Crippen LogP contribution in [-0.4, -0.2) is 17.6 Å². The van der Waals surface area contributed by atoms with Crippen LogP contribution in [-0.2, 0) is 4.79 Å². The number of aliphatic hydroxyl groups excluding tert-OH is 1. The number of halogens is 1. The first-order chi connectivity index (χ1) is 6.59. The predicted molar refractivity (Wildman–Crippen MR) is 50.0 cm³/mol. The van der Waals surface area contributed by atoms with E-state index in [9.17, 15) is 14.3 Å². The number of carbonyl (C=O) groups is 1. The molecule has 3 nitrogen and oxygen atoms in total. The monoisotopic (exact) mass is 197 g/mol. The Morgan fingerprint density at radius 1 is 1.50 bits per heavy atom. The molecule has 1 aromatic carbocycles. The van der Waals surface area contributed by atoms with Gasteiger partial charge in [-0.25, -0.2) is 4.39 Å². The van der Waals surface area contributed by atoms with Crippen LogP contribution in [0.1, 0.15) is 18.6 Å². The summed E-state index contributed by atoms with van der Waals surface area (Å²) in [6, 6.07) is 5.52. The lowest BCUT2D eigenvalue weighted by molar-refractivity contribution is -0.119. The number of aliphatic hydroxyl groups is 1. The van der Waals surface area contributed by atoms with Crippen LogP contribution in [0.25, 0.3) is 0 Å². The lowest BCUT2D eigenvalue weighted by Gasteiger charge is -2.10. The Labute approximate surface area is 81.6 Å². The van der Waals surface area contributed by atoms with E-state index in [1.807, 2.05) is 0 Å². The summed E-state index contributed by atoms with van der Waals surface area (Å²) in [6.45, 7) is 1.51. The Hall–Kier alpha value is -1.42. The lowest BCUT2D eigenvalue weighted by Crippen LogP contribution is -2.25. The van der Waals surface area contributed by atoms with Gasteiger partial charge in [-0.2, -0.15) is 0 Å². The van der Waals surface area contributed by atoms with Gasteiger partial charge in [-0.3, -0.25) is 4.79 Å². The lowest BCUT2D eigenvalue weighted by atomic mass is 10.1. The van der Waals surface area contributed by atoms with Crippen molar-refractivity contribution in [2.75, 3.05) is 6.54 Å². The van der Waals surface area contributed by atoms with Crippen molar-refractivity contribution in [3.05, 3.63) is 35.6 Å². The maximum atomic E-state index is 12.5. The standard InChI is InChI=1S/C10H12FNO2/c1-7(13)12-6-10(14)8-2-4-9(11)5-3-8/h2-5,10,14H,6H2,1H3,(H,12,13). The first-order valence-corrected chi connectivity index (χ1v) is 4.27. The highest BCUT2D eigenvalue weighted by molar-refractivity contribution is 5.72. The molecule has 0 radical (unpaired) electrons. The van der Waals surface area contributed by atoms with Crippen LogP contribution in [0.15, 0.2) is 24.3 Å². The van der Waals surface area contributed by atoms with Gasteiger partial charge < -0.3 is 10.4 Å². The molecule has 2 N–H and O–H groups in total. The number of amides is 1. The summed E-state index contributed by atoms with van der Waals surface area (Å²) in [5.74, 6) is -0.549. The average molecular weight is 197 g/mol. The maximum absolute atomic E-state index is 12.5. The second-order valence-corrected chi connectivity index (χ2v) is 3.00. The zero-order valence-electron chi connectivity index (χ0n) is 7.83. The smallest absolute Gasteiger partial charge is 0.216 e. The largest absolute Gasteiger partial charge is 0.387 e. The minimum absolute atomic E-state index is 0.140. The molecule has 0 saturated carbocycles. The fourth-order valence-corrected chi connectivity index (χ4v) is 1.04. The third kappa shape index (κ3) is 3.14. The molecule has 0 aromatic heterocycles. The molecule has 0 bridgehead atoms. The molecular weight excluding hydrogens is 185 g/mol. The summed E-state index contributed by atoms with van der Waals surface area (Å²) in [5.41, 5.74) is 0.583. The topological polar surface area (TPSA) is 49.3 Å². The quantitative estimate of drug-likeness (QED) is 0.759. The third-order valence-corrected chi connectivity index (χ3v) is 1.80. The van der Waals surface area contributed by atoms with E-state index in [1.54, 1.807) is 0 Å². The Bertz CT molecular complexity index is 310. The number of hydrogen-bond acceptors (Lipinski definition) is 2. The molecule has 0 saturated heterocycles. The van der Waals surface area contributed by atoms with Crippen LogP contribution in [0.2, 0.25) is 0 Å². The molecule has 0 spiro atoms. The zero-order chi connectivity index (χ0) is 10.6. The summed E-state index contributed by atoms with van der Waals surface area (Å²) in [6.07, 6.45) is -0.792. The van der Waals surface area contributed by atoms with Crippen molar-refractivity contribution in [1.82, 2.24) is 5.32 Å². The van der Waals surface area contributed by atoms with E-state index in [2.05, 4.69) is 5.32 Å². The predicted octanol–water partition coefficient (Wildman–Crippen LogP) is 0.995. The Kier molecular flexibility index (Phi) is 3.59. The van der Waals surface area contributed by atoms with E-state index in [0.29, 0.717) is 5.56 Å². The molecule has 0 aliphatic carbocycles. The van der Waals surface area contributed by atoms with E-state index >= 15 is 0 Å². The molecule has 0 fully saturated rings. The zero-order valence-corrected chi connectivity index (χ0v) is 7.83. The third-order valence-electron chi connectivity index (χ3n) is 1.80.